The third kappa shape index (κ3) is 4.14. The van der Waals surface area contributed by atoms with Crippen molar-refractivity contribution in [3.05, 3.63) is 0 Å². The van der Waals surface area contributed by atoms with Gasteiger partial charge >= 0.3 is 0 Å². The van der Waals surface area contributed by atoms with Gasteiger partial charge in [-0.1, -0.05) is 0 Å². The van der Waals surface area contributed by atoms with E-state index in [0.717, 1.165) is 0 Å². The summed E-state index contributed by atoms with van der Waals surface area (Å²) in [4.78, 5) is 16.1. The lowest BCUT2D eigenvalue weighted by molar-refractivity contribution is -0.158. The number of ether oxygens (including phenoxy) is 2. The van der Waals surface area contributed by atoms with E-state index in [4.69, 9.17) is 9.47 Å². The van der Waals surface area contributed by atoms with Crippen molar-refractivity contribution in [2.24, 2.45) is 0 Å². The van der Waals surface area contributed by atoms with Crippen molar-refractivity contribution in [3.63, 3.8) is 0 Å². The van der Waals surface area contributed by atoms with Gasteiger partial charge in [-0.3, -0.25) is 9.69 Å². The van der Waals surface area contributed by atoms with Gasteiger partial charge in [0.15, 0.2) is 0 Å². The Bertz CT molecular complexity index is 316. The van der Waals surface area contributed by atoms with E-state index in [1.807, 2.05) is 18.7 Å². The quantitative estimate of drug-likeness (QED) is 0.737. The van der Waals surface area contributed by atoms with Crippen LogP contribution in [0.25, 0.3) is 0 Å². The van der Waals surface area contributed by atoms with E-state index >= 15 is 0 Å². The zero-order valence-corrected chi connectivity index (χ0v) is 11.8. The summed E-state index contributed by atoms with van der Waals surface area (Å²) in [5, 5.41) is 9.26. The number of hydrogen-bond acceptors (Lipinski definition) is 5. The predicted molar refractivity (Wildman–Crippen MR) is 69.9 cm³/mol. The molecule has 0 bridgehead atoms. The standard InChI is InChI=1S/C13H24N2O4/c1-13(2)10-14(7-11(9-16)19-13)8-12(17)15-3-5-18-6-4-15/h11,16H,3-10H2,1-2H3. The Balaban J connectivity index is 1.88. The highest BCUT2D eigenvalue weighted by Crippen LogP contribution is 2.20. The predicted octanol–water partition coefficient (Wildman–Crippen LogP) is -0.683. The van der Waals surface area contributed by atoms with Crippen LogP contribution >= 0.6 is 0 Å². The first-order valence-electron chi connectivity index (χ1n) is 6.87. The van der Waals surface area contributed by atoms with Gasteiger partial charge < -0.3 is 19.5 Å². The minimum Gasteiger partial charge on any atom is -0.394 e. The summed E-state index contributed by atoms with van der Waals surface area (Å²) >= 11 is 0. The molecule has 2 aliphatic rings. The molecule has 6 heteroatoms. The topological polar surface area (TPSA) is 62.2 Å². The van der Waals surface area contributed by atoms with Crippen molar-refractivity contribution >= 4 is 5.91 Å². The number of aliphatic hydroxyl groups excluding tert-OH is 1. The molecule has 2 fully saturated rings. The Kier molecular flexibility index (Phi) is 4.78. The zero-order chi connectivity index (χ0) is 13.9. The summed E-state index contributed by atoms with van der Waals surface area (Å²) < 4.78 is 11.0. The second kappa shape index (κ2) is 6.17. The van der Waals surface area contributed by atoms with Crippen LogP contribution in [0.5, 0.6) is 0 Å². The Hall–Kier alpha value is -0.690. The van der Waals surface area contributed by atoms with Crippen LogP contribution in [0.1, 0.15) is 13.8 Å². The number of carbonyl (C=O) groups is 1. The molecule has 0 spiro atoms. The second-order valence-corrected chi connectivity index (χ2v) is 5.84. The van der Waals surface area contributed by atoms with Gasteiger partial charge in [0.1, 0.15) is 0 Å². The summed E-state index contributed by atoms with van der Waals surface area (Å²) in [6.07, 6.45) is -0.207. The van der Waals surface area contributed by atoms with Crippen LogP contribution in [0.15, 0.2) is 0 Å². The van der Waals surface area contributed by atoms with Crippen molar-refractivity contribution in [3.8, 4) is 0 Å². The maximum absolute atomic E-state index is 12.2. The number of nitrogens with zero attached hydrogens (tertiary/aromatic N) is 2. The highest BCUT2D eigenvalue weighted by Gasteiger charge is 2.34. The molecule has 6 nitrogen and oxygen atoms in total. The van der Waals surface area contributed by atoms with E-state index in [1.165, 1.54) is 0 Å². The highest BCUT2D eigenvalue weighted by atomic mass is 16.5. The molecule has 0 saturated carbocycles. The first kappa shape index (κ1) is 14.7. The van der Waals surface area contributed by atoms with Gasteiger partial charge in [0.05, 0.1) is 38.1 Å². The molecular formula is C13H24N2O4. The Morgan fingerprint density at radius 2 is 2.05 bits per heavy atom. The van der Waals surface area contributed by atoms with E-state index in [-0.39, 0.29) is 24.2 Å². The van der Waals surface area contributed by atoms with E-state index in [0.29, 0.717) is 45.9 Å². The summed E-state index contributed by atoms with van der Waals surface area (Å²) in [5.74, 6) is 0.137. The lowest BCUT2D eigenvalue weighted by Gasteiger charge is -2.42. The summed E-state index contributed by atoms with van der Waals surface area (Å²) in [6.45, 7) is 8.28. The Morgan fingerprint density at radius 3 is 2.68 bits per heavy atom. The Labute approximate surface area is 114 Å². The van der Waals surface area contributed by atoms with Crippen LogP contribution in [0.4, 0.5) is 0 Å². The van der Waals surface area contributed by atoms with Crippen molar-refractivity contribution < 1.29 is 19.4 Å². The van der Waals surface area contributed by atoms with Gasteiger partial charge in [-0.2, -0.15) is 0 Å². The zero-order valence-electron chi connectivity index (χ0n) is 11.8. The molecule has 1 N–H and O–H groups in total. The van der Waals surface area contributed by atoms with Crippen LogP contribution in [0.3, 0.4) is 0 Å². The minimum absolute atomic E-state index is 0.00826. The molecule has 2 rings (SSSR count). The first-order chi connectivity index (χ1) is 9.00. The van der Waals surface area contributed by atoms with Crippen LogP contribution < -0.4 is 0 Å². The molecule has 1 atom stereocenters. The summed E-state index contributed by atoms with van der Waals surface area (Å²) in [5.41, 5.74) is -0.322. The molecule has 110 valence electrons. The lowest BCUT2D eigenvalue weighted by Crippen LogP contribution is -2.56. The molecule has 1 unspecified atom stereocenters. The molecule has 19 heavy (non-hydrogen) atoms. The smallest absolute Gasteiger partial charge is 0.236 e. The fourth-order valence-electron chi connectivity index (χ4n) is 2.74. The van der Waals surface area contributed by atoms with E-state index in [2.05, 4.69) is 4.90 Å². The lowest BCUT2D eigenvalue weighted by atomic mass is 10.1. The fraction of sp³-hybridized carbons (Fsp3) is 0.923. The van der Waals surface area contributed by atoms with Gasteiger partial charge in [-0.05, 0) is 13.8 Å². The van der Waals surface area contributed by atoms with Crippen molar-refractivity contribution in [2.45, 2.75) is 25.6 Å². The molecule has 0 aromatic heterocycles. The monoisotopic (exact) mass is 272 g/mol. The van der Waals surface area contributed by atoms with Crippen LogP contribution in [-0.4, -0.2) is 85.1 Å². The van der Waals surface area contributed by atoms with Gasteiger partial charge in [0.25, 0.3) is 0 Å². The molecule has 2 saturated heterocycles. The SMILES string of the molecule is CC1(C)CN(CC(=O)N2CCOCC2)CC(CO)O1. The van der Waals surface area contributed by atoms with Gasteiger partial charge in [0, 0.05) is 26.2 Å². The molecule has 2 heterocycles. The van der Waals surface area contributed by atoms with E-state index in [9.17, 15) is 9.90 Å². The number of amides is 1. The van der Waals surface area contributed by atoms with Crippen molar-refractivity contribution in [1.82, 2.24) is 9.80 Å². The molecule has 0 radical (unpaired) electrons. The van der Waals surface area contributed by atoms with Crippen LogP contribution in [-0.2, 0) is 14.3 Å². The fourth-order valence-corrected chi connectivity index (χ4v) is 2.74. The normalized spacial score (nSPS) is 28.4. The Morgan fingerprint density at radius 1 is 1.37 bits per heavy atom. The largest absolute Gasteiger partial charge is 0.394 e. The van der Waals surface area contributed by atoms with Crippen LogP contribution in [0.2, 0.25) is 0 Å². The average molecular weight is 272 g/mol. The van der Waals surface area contributed by atoms with E-state index < -0.39 is 0 Å². The molecule has 0 aromatic rings. The van der Waals surface area contributed by atoms with Crippen molar-refractivity contribution in [2.75, 3.05) is 52.5 Å². The first-order valence-corrected chi connectivity index (χ1v) is 6.87. The number of rotatable bonds is 3. The summed E-state index contributed by atoms with van der Waals surface area (Å²) in [6, 6.07) is 0. The molecule has 0 aliphatic carbocycles. The maximum atomic E-state index is 12.2. The number of hydrogen-bond donors (Lipinski definition) is 1. The number of aliphatic hydroxyl groups is 1. The number of carbonyl (C=O) groups excluding carboxylic acids is 1. The third-order valence-corrected chi connectivity index (χ3v) is 3.48. The third-order valence-electron chi connectivity index (χ3n) is 3.48. The van der Waals surface area contributed by atoms with Crippen molar-refractivity contribution in [1.29, 1.82) is 0 Å². The minimum atomic E-state index is -0.322. The second-order valence-electron chi connectivity index (χ2n) is 5.84. The van der Waals surface area contributed by atoms with Gasteiger partial charge in [-0.25, -0.2) is 0 Å². The molecule has 2 aliphatic heterocycles. The summed E-state index contributed by atoms with van der Waals surface area (Å²) in [7, 11) is 0. The molecule has 1 amide bonds. The molecular weight excluding hydrogens is 248 g/mol. The van der Waals surface area contributed by atoms with Crippen LogP contribution in [0, 0.1) is 0 Å². The van der Waals surface area contributed by atoms with Gasteiger partial charge in [-0.15, -0.1) is 0 Å². The number of morpholine rings is 2. The molecule has 0 aromatic carbocycles. The van der Waals surface area contributed by atoms with E-state index in [1.54, 1.807) is 0 Å². The average Bonchev–Trinajstić information content (AvgIpc) is 2.37. The highest BCUT2D eigenvalue weighted by molar-refractivity contribution is 5.78. The maximum Gasteiger partial charge on any atom is 0.236 e. The van der Waals surface area contributed by atoms with Gasteiger partial charge in [0.2, 0.25) is 5.91 Å².